The van der Waals surface area contributed by atoms with Crippen molar-refractivity contribution in [3.8, 4) is 5.75 Å². The minimum Gasteiger partial charge on any atom is -0.486 e. The summed E-state index contributed by atoms with van der Waals surface area (Å²) in [6.07, 6.45) is 0.838. The van der Waals surface area contributed by atoms with Crippen LogP contribution >= 0.6 is 0 Å². The van der Waals surface area contributed by atoms with E-state index >= 15 is 0 Å². The number of hydrogen-bond donors (Lipinski definition) is 1. The molecule has 2 rings (SSSR count). The number of ether oxygens (including phenoxy) is 1. The van der Waals surface area contributed by atoms with Gasteiger partial charge < -0.3 is 9.84 Å². The van der Waals surface area contributed by atoms with Gasteiger partial charge in [0.05, 0.1) is 11.5 Å². The van der Waals surface area contributed by atoms with Gasteiger partial charge in [-0.25, -0.2) is 0 Å². The molecule has 120 valence electrons. The Bertz CT molecular complexity index is 685. The third-order valence-corrected chi connectivity index (χ3v) is 3.34. The maximum atomic E-state index is 11.2. The number of aliphatic carboxylic acids is 1. The molecule has 0 saturated heterocycles. The monoisotopic (exact) mass is 315 g/mol. The molecule has 0 radical (unpaired) electrons. The van der Waals surface area contributed by atoms with Crippen LogP contribution < -0.4 is 4.74 Å². The van der Waals surface area contributed by atoms with Crippen LogP contribution in [0.2, 0.25) is 0 Å². The van der Waals surface area contributed by atoms with E-state index < -0.39 is 10.9 Å². The average molecular weight is 315 g/mol. The van der Waals surface area contributed by atoms with Gasteiger partial charge in [-0.3, -0.25) is 14.9 Å². The van der Waals surface area contributed by atoms with E-state index in [2.05, 4.69) is 0 Å². The van der Waals surface area contributed by atoms with Crippen molar-refractivity contribution < 1.29 is 19.6 Å². The third kappa shape index (κ3) is 5.10. The summed E-state index contributed by atoms with van der Waals surface area (Å²) < 4.78 is 5.52. The molecule has 0 aliphatic heterocycles. The molecule has 0 aliphatic rings. The highest BCUT2D eigenvalue weighted by atomic mass is 16.6. The Morgan fingerprint density at radius 3 is 2.48 bits per heavy atom. The molecule has 0 atom stereocenters. The fraction of sp³-hybridized carbons (Fsp3) is 0.235. The van der Waals surface area contributed by atoms with Gasteiger partial charge in [-0.1, -0.05) is 36.4 Å². The fourth-order valence-corrected chi connectivity index (χ4v) is 2.16. The predicted octanol–water partition coefficient (Wildman–Crippen LogP) is 3.23. The van der Waals surface area contributed by atoms with Gasteiger partial charge in [0.1, 0.15) is 0 Å². The van der Waals surface area contributed by atoms with Gasteiger partial charge in [-0.2, -0.15) is 0 Å². The zero-order valence-corrected chi connectivity index (χ0v) is 12.5. The molecule has 0 saturated carbocycles. The molecule has 0 bridgehead atoms. The second-order valence-corrected chi connectivity index (χ2v) is 5.04. The molecule has 0 unspecified atom stereocenters. The SMILES string of the molecule is O=C(O)CCc1ccc(OCCc2ccccc2)c([N+](=O)[O-])c1. The molecule has 0 amide bonds. The molecule has 2 aromatic rings. The van der Waals surface area contributed by atoms with E-state index in [-0.39, 0.29) is 24.3 Å². The second kappa shape index (κ2) is 7.93. The highest BCUT2D eigenvalue weighted by Crippen LogP contribution is 2.28. The maximum Gasteiger partial charge on any atom is 0.311 e. The normalized spacial score (nSPS) is 10.3. The summed E-state index contributed by atoms with van der Waals surface area (Å²) in [6.45, 7) is 0.333. The number of nitro benzene ring substituents is 1. The van der Waals surface area contributed by atoms with Crippen LogP contribution in [-0.2, 0) is 17.6 Å². The van der Waals surface area contributed by atoms with Crippen LogP contribution in [-0.4, -0.2) is 22.6 Å². The molecule has 6 heteroatoms. The van der Waals surface area contributed by atoms with Crippen molar-refractivity contribution in [1.29, 1.82) is 0 Å². The molecule has 0 spiro atoms. The number of benzene rings is 2. The number of carboxylic acid groups (broad SMARTS) is 1. The lowest BCUT2D eigenvalue weighted by Gasteiger charge is -2.08. The Hall–Kier alpha value is -2.89. The van der Waals surface area contributed by atoms with E-state index in [1.165, 1.54) is 12.1 Å². The summed E-state index contributed by atoms with van der Waals surface area (Å²) in [6, 6.07) is 14.3. The summed E-state index contributed by atoms with van der Waals surface area (Å²) in [5, 5.41) is 19.8. The van der Waals surface area contributed by atoms with Gasteiger partial charge in [0, 0.05) is 18.9 Å². The quantitative estimate of drug-likeness (QED) is 0.596. The zero-order valence-electron chi connectivity index (χ0n) is 12.5. The Kier molecular flexibility index (Phi) is 5.68. The van der Waals surface area contributed by atoms with E-state index in [1.54, 1.807) is 6.07 Å². The smallest absolute Gasteiger partial charge is 0.311 e. The number of rotatable bonds is 8. The Morgan fingerprint density at radius 1 is 1.09 bits per heavy atom. The van der Waals surface area contributed by atoms with Crippen LogP contribution in [0.15, 0.2) is 48.5 Å². The van der Waals surface area contributed by atoms with Gasteiger partial charge in [-0.15, -0.1) is 0 Å². The van der Waals surface area contributed by atoms with Crippen molar-refractivity contribution in [3.63, 3.8) is 0 Å². The van der Waals surface area contributed by atoms with Crippen molar-refractivity contribution in [3.05, 3.63) is 69.8 Å². The molecule has 0 aromatic heterocycles. The van der Waals surface area contributed by atoms with Gasteiger partial charge in [0.15, 0.2) is 5.75 Å². The zero-order chi connectivity index (χ0) is 16.7. The van der Waals surface area contributed by atoms with Crippen molar-refractivity contribution in [2.75, 3.05) is 6.61 Å². The Labute approximate surface area is 133 Å². The van der Waals surface area contributed by atoms with Crippen LogP contribution in [0.5, 0.6) is 5.75 Å². The van der Waals surface area contributed by atoms with Crippen LogP contribution in [0.4, 0.5) is 5.69 Å². The van der Waals surface area contributed by atoms with Gasteiger partial charge in [0.25, 0.3) is 0 Å². The molecule has 0 fully saturated rings. The van der Waals surface area contributed by atoms with E-state index in [0.717, 1.165) is 5.56 Å². The molecule has 23 heavy (non-hydrogen) atoms. The number of aryl methyl sites for hydroxylation is 1. The number of nitro groups is 1. The molecule has 0 heterocycles. The summed E-state index contributed by atoms with van der Waals surface area (Å²) in [7, 11) is 0. The minimum atomic E-state index is -0.934. The largest absolute Gasteiger partial charge is 0.486 e. The number of hydrogen-bond acceptors (Lipinski definition) is 4. The van der Waals surface area contributed by atoms with Crippen LogP contribution in [0.1, 0.15) is 17.5 Å². The summed E-state index contributed by atoms with van der Waals surface area (Å²) in [5.74, 6) is -0.735. The van der Waals surface area contributed by atoms with Gasteiger partial charge >= 0.3 is 11.7 Å². The first-order valence-corrected chi connectivity index (χ1v) is 7.22. The standard InChI is InChI=1S/C17H17NO5/c19-17(20)9-7-14-6-8-16(15(12-14)18(21)22)23-11-10-13-4-2-1-3-5-13/h1-6,8,12H,7,9-11H2,(H,19,20). The number of carbonyl (C=O) groups is 1. The van der Waals surface area contributed by atoms with Crippen LogP contribution in [0.3, 0.4) is 0 Å². The lowest BCUT2D eigenvalue weighted by molar-refractivity contribution is -0.385. The van der Waals surface area contributed by atoms with E-state index in [1.807, 2.05) is 30.3 Å². The van der Waals surface area contributed by atoms with Crippen molar-refractivity contribution in [2.45, 2.75) is 19.3 Å². The summed E-state index contributed by atoms with van der Waals surface area (Å²) >= 11 is 0. The van der Waals surface area contributed by atoms with Gasteiger partial charge in [0.2, 0.25) is 0 Å². The maximum absolute atomic E-state index is 11.2. The van der Waals surface area contributed by atoms with Crippen LogP contribution in [0.25, 0.3) is 0 Å². The molecule has 6 nitrogen and oxygen atoms in total. The predicted molar refractivity (Wildman–Crippen MR) is 84.7 cm³/mol. The van der Waals surface area contributed by atoms with E-state index in [4.69, 9.17) is 9.84 Å². The molecule has 2 aromatic carbocycles. The van der Waals surface area contributed by atoms with E-state index in [9.17, 15) is 14.9 Å². The molecule has 1 N–H and O–H groups in total. The van der Waals surface area contributed by atoms with Gasteiger partial charge in [-0.05, 0) is 23.6 Å². The molecular formula is C17H17NO5. The number of nitrogens with zero attached hydrogens (tertiary/aromatic N) is 1. The van der Waals surface area contributed by atoms with Crippen molar-refractivity contribution in [1.82, 2.24) is 0 Å². The van der Waals surface area contributed by atoms with Crippen molar-refractivity contribution >= 4 is 11.7 Å². The third-order valence-electron chi connectivity index (χ3n) is 3.34. The van der Waals surface area contributed by atoms with Crippen LogP contribution in [0, 0.1) is 10.1 Å². The number of carboxylic acids is 1. The Morgan fingerprint density at radius 2 is 1.83 bits per heavy atom. The summed E-state index contributed by atoms with van der Waals surface area (Å²) in [5.41, 5.74) is 1.56. The molecular weight excluding hydrogens is 298 g/mol. The Balaban J connectivity index is 2.02. The van der Waals surface area contributed by atoms with Crippen molar-refractivity contribution in [2.24, 2.45) is 0 Å². The first kappa shape index (κ1) is 16.5. The lowest BCUT2D eigenvalue weighted by atomic mass is 10.1. The minimum absolute atomic E-state index is 0.0641. The average Bonchev–Trinajstić information content (AvgIpc) is 2.54. The molecule has 0 aliphatic carbocycles. The van der Waals surface area contributed by atoms with E-state index in [0.29, 0.717) is 18.6 Å². The first-order valence-electron chi connectivity index (χ1n) is 7.22. The second-order valence-electron chi connectivity index (χ2n) is 5.04. The summed E-state index contributed by atoms with van der Waals surface area (Å²) in [4.78, 5) is 21.2. The lowest BCUT2D eigenvalue weighted by Crippen LogP contribution is -2.04. The highest BCUT2D eigenvalue weighted by Gasteiger charge is 2.16. The first-order chi connectivity index (χ1) is 11.1. The highest BCUT2D eigenvalue weighted by molar-refractivity contribution is 5.67. The topological polar surface area (TPSA) is 89.7 Å². The fourth-order valence-electron chi connectivity index (χ4n) is 2.16.